The lowest BCUT2D eigenvalue weighted by Crippen LogP contribution is -2.39. The van der Waals surface area contributed by atoms with E-state index in [4.69, 9.17) is 4.42 Å². The fourth-order valence-corrected chi connectivity index (χ4v) is 2.60. The van der Waals surface area contributed by atoms with Crippen LogP contribution in [0.2, 0.25) is 0 Å². The fraction of sp³-hybridized carbons (Fsp3) is 0.167. The Bertz CT molecular complexity index is 1190. The maximum absolute atomic E-state index is 13.0. The summed E-state index contributed by atoms with van der Waals surface area (Å²) in [6.45, 7) is -0.357. The van der Waals surface area contributed by atoms with Gasteiger partial charge in [0.1, 0.15) is 11.3 Å². The van der Waals surface area contributed by atoms with Crippen molar-refractivity contribution in [3.8, 4) is 0 Å². The Morgan fingerprint density at radius 3 is 2.16 bits per heavy atom. The first kappa shape index (κ1) is 21.9. The van der Waals surface area contributed by atoms with Crippen LogP contribution in [0.25, 0.3) is 0 Å². The molecule has 0 spiro atoms. The maximum atomic E-state index is 13.0. The molecule has 31 heavy (non-hydrogen) atoms. The number of aromatic amines is 1. The molecule has 0 fully saturated rings. The summed E-state index contributed by atoms with van der Waals surface area (Å²) < 4.78 is 83.3. The van der Waals surface area contributed by atoms with Gasteiger partial charge < -0.3 is 14.7 Å². The number of nitrogens with one attached hydrogen (secondary N) is 2. The number of alkyl halides is 6. The third-order valence-electron chi connectivity index (χ3n) is 4.04. The number of halogens is 6. The highest BCUT2D eigenvalue weighted by Crippen LogP contribution is 2.37. The first-order valence-corrected chi connectivity index (χ1v) is 8.32. The van der Waals surface area contributed by atoms with E-state index in [2.05, 4.69) is 4.98 Å². The van der Waals surface area contributed by atoms with Crippen molar-refractivity contribution in [2.75, 3.05) is 5.32 Å². The molecule has 0 unspecified atom stereocenters. The summed E-state index contributed by atoms with van der Waals surface area (Å²) >= 11 is 0. The molecule has 7 nitrogen and oxygen atoms in total. The van der Waals surface area contributed by atoms with Crippen molar-refractivity contribution in [2.45, 2.75) is 18.9 Å². The second-order valence-corrected chi connectivity index (χ2v) is 6.23. The summed E-state index contributed by atoms with van der Waals surface area (Å²) in [5.74, 6) is -1.13. The number of aromatic nitrogens is 2. The van der Waals surface area contributed by atoms with Gasteiger partial charge in [-0.1, -0.05) is 0 Å². The third-order valence-corrected chi connectivity index (χ3v) is 4.04. The van der Waals surface area contributed by atoms with E-state index in [1.807, 2.05) is 5.32 Å². The van der Waals surface area contributed by atoms with E-state index in [9.17, 15) is 40.7 Å². The number of rotatable bonds is 4. The molecule has 0 bridgehead atoms. The monoisotopic (exact) mass is 447 g/mol. The molecule has 1 aromatic carbocycles. The summed E-state index contributed by atoms with van der Waals surface area (Å²) in [6, 6.07) is 3.41. The van der Waals surface area contributed by atoms with Gasteiger partial charge >= 0.3 is 18.0 Å². The predicted molar refractivity (Wildman–Crippen MR) is 93.5 cm³/mol. The highest BCUT2D eigenvalue weighted by Gasteiger charge is 2.37. The van der Waals surface area contributed by atoms with Crippen LogP contribution in [0.3, 0.4) is 0 Å². The number of hydrogen-bond donors (Lipinski definition) is 2. The molecule has 2 heterocycles. The molecule has 2 aromatic heterocycles. The number of carbonyl (C=O) groups excluding carboxylic acids is 1. The van der Waals surface area contributed by atoms with Crippen molar-refractivity contribution < 1.29 is 35.6 Å². The standard InChI is InChI=1S/C18H11F6N3O4/c19-17(20,21)9-4-10(18(22,23)24)6-11(5-9)26-14(28)13-7-25-16(30)27(15(13)29)8-12-2-1-3-31-12/h1-7H,8H2,(H,25,30)(H,26,28). The van der Waals surface area contributed by atoms with Crippen molar-refractivity contribution in [1.29, 1.82) is 0 Å². The van der Waals surface area contributed by atoms with Crippen LogP contribution in [0, 0.1) is 0 Å². The summed E-state index contributed by atoms with van der Waals surface area (Å²) in [5.41, 5.74) is -6.87. The molecule has 3 aromatic rings. The Morgan fingerprint density at radius 1 is 1.03 bits per heavy atom. The molecule has 0 atom stereocenters. The molecular formula is C18H11F6N3O4. The third kappa shape index (κ3) is 4.87. The van der Waals surface area contributed by atoms with E-state index in [0.29, 0.717) is 22.9 Å². The zero-order valence-electron chi connectivity index (χ0n) is 15.1. The molecule has 164 valence electrons. The van der Waals surface area contributed by atoms with Crippen molar-refractivity contribution >= 4 is 11.6 Å². The molecule has 0 aliphatic heterocycles. The molecule has 0 aliphatic rings. The van der Waals surface area contributed by atoms with Crippen LogP contribution in [0.4, 0.5) is 32.0 Å². The minimum Gasteiger partial charge on any atom is -0.467 e. The van der Waals surface area contributed by atoms with Crippen molar-refractivity contribution in [3.05, 3.63) is 86.1 Å². The van der Waals surface area contributed by atoms with Gasteiger partial charge in [0.15, 0.2) is 0 Å². The van der Waals surface area contributed by atoms with Crippen LogP contribution in [0.5, 0.6) is 0 Å². The number of carbonyl (C=O) groups is 1. The summed E-state index contributed by atoms with van der Waals surface area (Å²) in [5, 5.41) is 1.83. The number of nitrogens with zero attached hydrogens (tertiary/aromatic N) is 1. The Hall–Kier alpha value is -3.77. The smallest absolute Gasteiger partial charge is 0.416 e. The van der Waals surface area contributed by atoms with Gasteiger partial charge in [0, 0.05) is 11.9 Å². The Balaban J connectivity index is 1.98. The van der Waals surface area contributed by atoms with Crippen LogP contribution in [0.15, 0.2) is 56.8 Å². The van der Waals surface area contributed by atoms with E-state index >= 15 is 0 Å². The highest BCUT2D eigenvalue weighted by atomic mass is 19.4. The van der Waals surface area contributed by atoms with Crippen LogP contribution < -0.4 is 16.6 Å². The van der Waals surface area contributed by atoms with Gasteiger partial charge in [-0.15, -0.1) is 0 Å². The number of amides is 1. The summed E-state index contributed by atoms with van der Waals surface area (Å²) in [6.07, 6.45) is -8.25. The molecule has 0 saturated heterocycles. The molecule has 1 amide bonds. The number of furan rings is 1. The first-order valence-electron chi connectivity index (χ1n) is 8.32. The minimum atomic E-state index is -5.12. The van der Waals surface area contributed by atoms with Gasteiger partial charge in [-0.2, -0.15) is 26.3 Å². The minimum absolute atomic E-state index is 0.105. The zero-order valence-corrected chi connectivity index (χ0v) is 15.1. The molecule has 0 saturated carbocycles. The number of benzene rings is 1. The lowest BCUT2D eigenvalue weighted by molar-refractivity contribution is -0.143. The molecular weight excluding hydrogens is 436 g/mol. The van der Waals surface area contributed by atoms with Gasteiger partial charge in [0.05, 0.1) is 23.9 Å². The largest absolute Gasteiger partial charge is 0.467 e. The van der Waals surface area contributed by atoms with Gasteiger partial charge in [-0.25, -0.2) is 4.79 Å². The second-order valence-electron chi connectivity index (χ2n) is 6.23. The summed E-state index contributed by atoms with van der Waals surface area (Å²) in [4.78, 5) is 38.9. The summed E-state index contributed by atoms with van der Waals surface area (Å²) in [7, 11) is 0. The van der Waals surface area contributed by atoms with Crippen molar-refractivity contribution in [3.63, 3.8) is 0 Å². The molecule has 3 rings (SSSR count). The SMILES string of the molecule is O=C(Nc1cc(C(F)(F)F)cc(C(F)(F)F)c1)c1c[nH]c(=O)n(Cc2ccco2)c1=O. The van der Waals surface area contributed by atoms with E-state index in [0.717, 1.165) is 0 Å². The van der Waals surface area contributed by atoms with E-state index in [-0.39, 0.29) is 18.4 Å². The Kier molecular flexibility index (Phi) is 5.53. The van der Waals surface area contributed by atoms with Crippen LogP contribution in [0.1, 0.15) is 27.2 Å². The van der Waals surface area contributed by atoms with Crippen LogP contribution in [-0.2, 0) is 18.9 Å². The lowest BCUT2D eigenvalue weighted by Gasteiger charge is -2.15. The van der Waals surface area contributed by atoms with Gasteiger partial charge in [-0.3, -0.25) is 14.2 Å². The Labute approximate surface area is 167 Å². The highest BCUT2D eigenvalue weighted by molar-refractivity contribution is 6.03. The van der Waals surface area contributed by atoms with Crippen molar-refractivity contribution in [1.82, 2.24) is 9.55 Å². The topological polar surface area (TPSA) is 97.1 Å². The van der Waals surface area contributed by atoms with Crippen LogP contribution in [-0.4, -0.2) is 15.5 Å². The average Bonchev–Trinajstić information content (AvgIpc) is 3.16. The van der Waals surface area contributed by atoms with E-state index in [1.165, 1.54) is 18.4 Å². The van der Waals surface area contributed by atoms with Gasteiger partial charge in [0.2, 0.25) is 0 Å². The molecule has 2 N–H and O–H groups in total. The molecule has 13 heteroatoms. The molecule has 0 radical (unpaired) electrons. The lowest BCUT2D eigenvalue weighted by atomic mass is 10.1. The second kappa shape index (κ2) is 7.81. The van der Waals surface area contributed by atoms with E-state index < -0.39 is 51.9 Å². The number of H-pyrrole nitrogens is 1. The van der Waals surface area contributed by atoms with Crippen LogP contribution >= 0.6 is 0 Å². The van der Waals surface area contributed by atoms with Gasteiger partial charge in [0.25, 0.3) is 11.5 Å². The maximum Gasteiger partial charge on any atom is 0.416 e. The zero-order chi connectivity index (χ0) is 23.0. The Morgan fingerprint density at radius 2 is 1.65 bits per heavy atom. The number of anilines is 1. The first-order chi connectivity index (χ1) is 14.4. The van der Waals surface area contributed by atoms with E-state index in [1.54, 1.807) is 0 Å². The number of hydrogen-bond acceptors (Lipinski definition) is 4. The quantitative estimate of drug-likeness (QED) is 0.599. The van der Waals surface area contributed by atoms with Gasteiger partial charge in [-0.05, 0) is 30.3 Å². The fourth-order valence-electron chi connectivity index (χ4n) is 2.60. The van der Waals surface area contributed by atoms with Crippen molar-refractivity contribution in [2.24, 2.45) is 0 Å². The molecule has 0 aliphatic carbocycles. The average molecular weight is 447 g/mol. The predicted octanol–water partition coefficient (Wildman–Crippen LogP) is 3.47. The normalized spacial score (nSPS) is 12.1.